The SMILES string of the molecule is Cc1cc(N)cc2sc(-c3ccc(N4CCN(C)CC4)nc3)nc12. The number of anilines is 2. The normalized spacial score (nSPS) is 16.0. The number of hydrogen-bond donors (Lipinski definition) is 1. The molecule has 6 heteroatoms. The van der Waals surface area contributed by atoms with Crippen molar-refractivity contribution in [1.29, 1.82) is 0 Å². The van der Waals surface area contributed by atoms with Gasteiger partial charge in [-0.15, -0.1) is 11.3 Å². The molecule has 2 N–H and O–H groups in total. The van der Waals surface area contributed by atoms with Crippen LogP contribution in [0.25, 0.3) is 20.8 Å². The van der Waals surface area contributed by atoms with Gasteiger partial charge in [0.25, 0.3) is 0 Å². The smallest absolute Gasteiger partial charge is 0.128 e. The molecule has 0 bridgehead atoms. The summed E-state index contributed by atoms with van der Waals surface area (Å²) in [5.41, 5.74) is 9.95. The summed E-state index contributed by atoms with van der Waals surface area (Å²) < 4.78 is 1.13. The predicted molar refractivity (Wildman–Crippen MR) is 102 cm³/mol. The number of pyridine rings is 1. The summed E-state index contributed by atoms with van der Waals surface area (Å²) in [6.07, 6.45) is 1.93. The lowest BCUT2D eigenvalue weighted by molar-refractivity contribution is 0.312. The van der Waals surface area contributed by atoms with Crippen LogP contribution in [0.2, 0.25) is 0 Å². The highest BCUT2D eigenvalue weighted by molar-refractivity contribution is 7.21. The van der Waals surface area contributed by atoms with Gasteiger partial charge in [0.2, 0.25) is 0 Å². The molecule has 0 atom stereocenters. The van der Waals surface area contributed by atoms with Crippen molar-refractivity contribution in [2.24, 2.45) is 0 Å². The molecule has 1 aliphatic rings. The maximum atomic E-state index is 5.94. The fourth-order valence-corrected chi connectivity index (χ4v) is 4.16. The summed E-state index contributed by atoms with van der Waals surface area (Å²) in [5, 5.41) is 0.996. The lowest BCUT2D eigenvalue weighted by Crippen LogP contribution is -2.44. The van der Waals surface area contributed by atoms with Crippen molar-refractivity contribution in [2.45, 2.75) is 6.92 Å². The quantitative estimate of drug-likeness (QED) is 0.727. The molecule has 4 rings (SSSR count). The Kier molecular flexibility index (Phi) is 3.86. The van der Waals surface area contributed by atoms with E-state index in [2.05, 4.69) is 40.9 Å². The van der Waals surface area contributed by atoms with Gasteiger partial charge in [0.15, 0.2) is 0 Å². The molecule has 0 unspecified atom stereocenters. The molecule has 1 saturated heterocycles. The third-order valence-corrected chi connectivity index (χ3v) is 5.58. The Balaban J connectivity index is 1.62. The molecule has 24 heavy (non-hydrogen) atoms. The number of aryl methyl sites for hydroxylation is 1. The molecule has 124 valence electrons. The summed E-state index contributed by atoms with van der Waals surface area (Å²) in [5.74, 6) is 1.05. The van der Waals surface area contributed by atoms with E-state index in [1.54, 1.807) is 11.3 Å². The van der Waals surface area contributed by atoms with Crippen molar-refractivity contribution in [3.63, 3.8) is 0 Å². The zero-order chi connectivity index (χ0) is 16.7. The third kappa shape index (κ3) is 2.83. The van der Waals surface area contributed by atoms with Crippen LogP contribution < -0.4 is 10.6 Å². The van der Waals surface area contributed by atoms with Gasteiger partial charge in [-0.1, -0.05) is 0 Å². The summed E-state index contributed by atoms with van der Waals surface area (Å²) >= 11 is 1.67. The van der Waals surface area contributed by atoms with E-state index in [0.29, 0.717) is 0 Å². The number of piperazine rings is 1. The molecular formula is C18H21N5S. The Bertz CT molecular complexity index is 863. The van der Waals surface area contributed by atoms with Gasteiger partial charge in [0, 0.05) is 43.6 Å². The van der Waals surface area contributed by atoms with Crippen molar-refractivity contribution < 1.29 is 0 Å². The van der Waals surface area contributed by atoms with E-state index in [4.69, 9.17) is 10.7 Å². The maximum absolute atomic E-state index is 5.94. The van der Waals surface area contributed by atoms with Crippen LogP contribution in [0.1, 0.15) is 5.56 Å². The second-order valence-electron chi connectivity index (χ2n) is 6.40. The molecule has 0 spiro atoms. The van der Waals surface area contributed by atoms with Crippen LogP contribution in [0.5, 0.6) is 0 Å². The predicted octanol–water partition coefficient (Wildman–Crippen LogP) is 3.00. The van der Waals surface area contributed by atoms with Crippen molar-refractivity contribution >= 4 is 33.1 Å². The maximum Gasteiger partial charge on any atom is 0.128 e. The van der Waals surface area contributed by atoms with Gasteiger partial charge in [-0.3, -0.25) is 0 Å². The molecule has 0 radical (unpaired) electrons. The van der Waals surface area contributed by atoms with E-state index in [-0.39, 0.29) is 0 Å². The van der Waals surface area contributed by atoms with Crippen molar-refractivity contribution in [2.75, 3.05) is 43.9 Å². The molecular weight excluding hydrogens is 318 g/mol. The summed E-state index contributed by atoms with van der Waals surface area (Å²) in [7, 11) is 2.16. The second kappa shape index (κ2) is 6.03. The minimum Gasteiger partial charge on any atom is -0.399 e. The summed E-state index contributed by atoms with van der Waals surface area (Å²) in [6, 6.07) is 8.20. The van der Waals surface area contributed by atoms with Crippen LogP contribution in [0.15, 0.2) is 30.5 Å². The number of aromatic nitrogens is 2. The first kappa shape index (κ1) is 15.4. The Morgan fingerprint density at radius 1 is 1.12 bits per heavy atom. The number of nitrogens with two attached hydrogens (primary N) is 1. The number of hydrogen-bond acceptors (Lipinski definition) is 6. The summed E-state index contributed by atoms with van der Waals surface area (Å²) in [6.45, 7) is 6.28. The average Bonchev–Trinajstić information content (AvgIpc) is 3.00. The lowest BCUT2D eigenvalue weighted by Gasteiger charge is -2.33. The van der Waals surface area contributed by atoms with Crippen LogP contribution in [0, 0.1) is 6.92 Å². The van der Waals surface area contributed by atoms with E-state index in [9.17, 15) is 0 Å². The molecule has 0 amide bonds. The van der Waals surface area contributed by atoms with Gasteiger partial charge >= 0.3 is 0 Å². The third-order valence-electron chi connectivity index (χ3n) is 4.53. The van der Waals surface area contributed by atoms with Gasteiger partial charge in [-0.2, -0.15) is 0 Å². The van der Waals surface area contributed by atoms with Crippen LogP contribution in [-0.4, -0.2) is 48.1 Å². The number of nitrogen functional groups attached to an aromatic ring is 1. The van der Waals surface area contributed by atoms with Gasteiger partial charge in [-0.05, 0) is 43.8 Å². The Morgan fingerprint density at radius 3 is 2.62 bits per heavy atom. The van der Waals surface area contributed by atoms with E-state index < -0.39 is 0 Å². The van der Waals surface area contributed by atoms with Crippen molar-refractivity contribution in [3.8, 4) is 10.6 Å². The highest BCUT2D eigenvalue weighted by Gasteiger charge is 2.16. The van der Waals surface area contributed by atoms with Crippen LogP contribution in [0.4, 0.5) is 11.5 Å². The highest BCUT2D eigenvalue weighted by Crippen LogP contribution is 2.33. The first-order valence-electron chi connectivity index (χ1n) is 8.17. The largest absolute Gasteiger partial charge is 0.399 e. The minimum atomic E-state index is 0.790. The van der Waals surface area contributed by atoms with Gasteiger partial charge in [-0.25, -0.2) is 9.97 Å². The Labute approximate surface area is 145 Å². The van der Waals surface area contributed by atoms with Crippen molar-refractivity contribution in [1.82, 2.24) is 14.9 Å². The number of likely N-dealkylation sites (N-methyl/N-ethyl adjacent to an activating group) is 1. The van der Waals surface area contributed by atoms with Crippen LogP contribution in [0.3, 0.4) is 0 Å². The van der Waals surface area contributed by atoms with E-state index in [0.717, 1.165) is 64.0 Å². The van der Waals surface area contributed by atoms with E-state index >= 15 is 0 Å². The van der Waals surface area contributed by atoms with Gasteiger partial charge in [0.1, 0.15) is 10.8 Å². The molecule has 1 aromatic carbocycles. The Hall–Kier alpha value is -2.18. The summed E-state index contributed by atoms with van der Waals surface area (Å²) in [4.78, 5) is 14.1. The zero-order valence-electron chi connectivity index (χ0n) is 14.0. The molecule has 3 aromatic rings. The lowest BCUT2D eigenvalue weighted by atomic mass is 10.2. The zero-order valence-corrected chi connectivity index (χ0v) is 14.8. The second-order valence-corrected chi connectivity index (χ2v) is 7.43. The minimum absolute atomic E-state index is 0.790. The molecule has 3 heterocycles. The van der Waals surface area contributed by atoms with Crippen molar-refractivity contribution in [3.05, 3.63) is 36.0 Å². The van der Waals surface area contributed by atoms with E-state index in [1.807, 2.05) is 18.3 Å². The van der Waals surface area contributed by atoms with Crippen LogP contribution >= 0.6 is 11.3 Å². The molecule has 1 aliphatic heterocycles. The standard InChI is InChI=1S/C18H21N5S/c1-12-9-14(19)10-15-17(12)21-18(24-15)13-3-4-16(20-11-13)23-7-5-22(2)6-8-23/h3-4,9-11H,5-8,19H2,1-2H3. The number of thiazole rings is 1. The monoisotopic (exact) mass is 339 g/mol. The molecule has 5 nitrogen and oxygen atoms in total. The highest BCUT2D eigenvalue weighted by atomic mass is 32.1. The fraction of sp³-hybridized carbons (Fsp3) is 0.333. The molecule has 1 fully saturated rings. The van der Waals surface area contributed by atoms with Crippen LogP contribution in [-0.2, 0) is 0 Å². The average molecular weight is 339 g/mol. The van der Waals surface area contributed by atoms with Gasteiger partial charge in [0.05, 0.1) is 10.2 Å². The first-order chi connectivity index (χ1) is 11.6. The Morgan fingerprint density at radius 2 is 1.92 bits per heavy atom. The first-order valence-corrected chi connectivity index (χ1v) is 8.98. The fourth-order valence-electron chi connectivity index (χ4n) is 3.08. The molecule has 2 aromatic heterocycles. The number of benzene rings is 1. The van der Waals surface area contributed by atoms with E-state index in [1.165, 1.54) is 0 Å². The number of fused-ring (bicyclic) bond motifs is 1. The molecule has 0 saturated carbocycles. The number of nitrogens with zero attached hydrogens (tertiary/aromatic N) is 4. The number of rotatable bonds is 2. The van der Waals surface area contributed by atoms with Gasteiger partial charge < -0.3 is 15.5 Å². The molecule has 0 aliphatic carbocycles. The topological polar surface area (TPSA) is 58.3 Å².